The predicted molar refractivity (Wildman–Crippen MR) is 71.6 cm³/mol. The van der Waals surface area contributed by atoms with Crippen LogP contribution in [0.2, 0.25) is 0 Å². The highest BCUT2D eigenvalue weighted by molar-refractivity contribution is 6.18. The summed E-state index contributed by atoms with van der Waals surface area (Å²) < 4.78 is 4.72. The van der Waals surface area contributed by atoms with Crippen molar-refractivity contribution in [2.24, 2.45) is 0 Å². The summed E-state index contributed by atoms with van der Waals surface area (Å²) in [6.45, 7) is 2.71. The van der Waals surface area contributed by atoms with Gasteiger partial charge < -0.3 is 9.84 Å². The van der Waals surface area contributed by atoms with E-state index in [-0.39, 0.29) is 12.2 Å². The van der Waals surface area contributed by atoms with Gasteiger partial charge in [0.05, 0.1) is 28.1 Å². The number of benzene rings is 1. The smallest absolute Gasteiger partial charge is 0.342 e. The molecular weight excluding hydrogens is 284 g/mol. The van der Waals surface area contributed by atoms with Crippen LogP contribution in [0.1, 0.15) is 19.4 Å². The van der Waals surface area contributed by atoms with Crippen molar-refractivity contribution in [1.82, 2.24) is 0 Å². The summed E-state index contributed by atoms with van der Waals surface area (Å²) in [5.74, 6) is -1.43. The molecule has 9 heteroatoms. The molecule has 1 N–H and O–H groups in total. The molecule has 0 aliphatic rings. The predicted octanol–water partition coefficient (Wildman–Crippen LogP) is 2.36. The lowest BCUT2D eigenvalue weighted by Crippen LogP contribution is -2.10. The van der Waals surface area contributed by atoms with Gasteiger partial charge in [-0.1, -0.05) is 0 Å². The number of rotatable bonds is 5. The molecule has 0 radical (unpaired) electrons. The van der Waals surface area contributed by atoms with Gasteiger partial charge in [-0.25, -0.2) is 4.79 Å². The van der Waals surface area contributed by atoms with Crippen molar-refractivity contribution in [1.29, 1.82) is 0 Å². The zero-order chi connectivity index (χ0) is 16.2. The van der Waals surface area contributed by atoms with Gasteiger partial charge in [0.2, 0.25) is 0 Å². The number of nitrogens with zero attached hydrogens (tertiary/aromatic N) is 2. The summed E-state index contributed by atoms with van der Waals surface area (Å²) in [5, 5.41) is 31.3. The molecule has 112 valence electrons. The second kappa shape index (κ2) is 6.46. The van der Waals surface area contributed by atoms with Gasteiger partial charge in [-0.3, -0.25) is 20.2 Å². The van der Waals surface area contributed by atoms with Gasteiger partial charge >= 0.3 is 5.97 Å². The third-order valence-corrected chi connectivity index (χ3v) is 2.50. The molecule has 0 unspecified atom stereocenters. The number of hydrogen-bond acceptors (Lipinski definition) is 7. The van der Waals surface area contributed by atoms with Crippen LogP contribution in [0, 0.1) is 20.2 Å². The van der Waals surface area contributed by atoms with E-state index in [1.54, 1.807) is 0 Å². The first-order valence-corrected chi connectivity index (χ1v) is 5.79. The Labute approximate surface area is 118 Å². The highest BCUT2D eigenvalue weighted by Crippen LogP contribution is 2.32. The van der Waals surface area contributed by atoms with Crippen molar-refractivity contribution < 1.29 is 24.5 Å². The first-order valence-electron chi connectivity index (χ1n) is 5.79. The summed E-state index contributed by atoms with van der Waals surface area (Å²) in [4.78, 5) is 31.8. The lowest BCUT2D eigenvalue weighted by atomic mass is 10.0. The van der Waals surface area contributed by atoms with E-state index in [0.29, 0.717) is 0 Å². The molecule has 0 spiro atoms. The van der Waals surface area contributed by atoms with Crippen molar-refractivity contribution in [3.63, 3.8) is 0 Å². The number of nitro benzene ring substituents is 2. The summed E-state index contributed by atoms with van der Waals surface area (Å²) >= 11 is 0. The number of nitro groups is 2. The zero-order valence-electron chi connectivity index (χ0n) is 11.2. The molecule has 0 saturated heterocycles. The largest absolute Gasteiger partial charge is 0.512 e. The second-order valence-corrected chi connectivity index (χ2v) is 3.90. The molecule has 0 aliphatic heterocycles. The van der Waals surface area contributed by atoms with Crippen LogP contribution in [0.25, 0.3) is 5.57 Å². The number of hydrogen-bond donors (Lipinski definition) is 1. The molecule has 0 bridgehead atoms. The third-order valence-electron chi connectivity index (χ3n) is 2.50. The average molecular weight is 296 g/mol. The monoisotopic (exact) mass is 296 g/mol. The number of allylic oxidation sites excluding steroid dienone is 1. The second-order valence-electron chi connectivity index (χ2n) is 3.90. The molecule has 0 saturated carbocycles. The SMILES string of the molecule is CCOC(=O)/C(=C(\C)O)c1ccc([N+](=O)[O-])cc1[N+](=O)[O-]. The van der Waals surface area contributed by atoms with Crippen molar-refractivity contribution in [2.75, 3.05) is 6.61 Å². The van der Waals surface area contributed by atoms with E-state index in [0.717, 1.165) is 25.1 Å². The minimum absolute atomic E-state index is 0.0103. The van der Waals surface area contributed by atoms with Crippen LogP contribution in [0.3, 0.4) is 0 Å². The Kier molecular flexibility index (Phi) is 4.95. The molecule has 0 heterocycles. The summed E-state index contributed by atoms with van der Waals surface area (Å²) in [5.41, 5.74) is -1.81. The highest BCUT2D eigenvalue weighted by atomic mass is 16.6. The summed E-state index contributed by atoms with van der Waals surface area (Å²) in [6.07, 6.45) is 0. The normalized spacial score (nSPS) is 11.5. The molecule has 21 heavy (non-hydrogen) atoms. The lowest BCUT2D eigenvalue weighted by Gasteiger charge is -2.08. The van der Waals surface area contributed by atoms with Gasteiger partial charge in [-0.15, -0.1) is 0 Å². The fourth-order valence-corrected chi connectivity index (χ4v) is 1.65. The fraction of sp³-hybridized carbons (Fsp3) is 0.250. The maximum Gasteiger partial charge on any atom is 0.342 e. The van der Waals surface area contributed by atoms with Crippen molar-refractivity contribution in [3.05, 3.63) is 49.8 Å². The maximum atomic E-state index is 11.8. The van der Waals surface area contributed by atoms with Crippen LogP contribution in [-0.4, -0.2) is 27.5 Å². The highest BCUT2D eigenvalue weighted by Gasteiger charge is 2.27. The van der Waals surface area contributed by atoms with Crippen LogP contribution in [0.15, 0.2) is 24.0 Å². The Morgan fingerprint density at radius 3 is 2.33 bits per heavy atom. The lowest BCUT2D eigenvalue weighted by molar-refractivity contribution is -0.394. The Balaban J connectivity index is 3.53. The van der Waals surface area contributed by atoms with E-state index >= 15 is 0 Å². The molecule has 0 amide bonds. The summed E-state index contributed by atoms with van der Waals surface area (Å²) in [7, 11) is 0. The van der Waals surface area contributed by atoms with Crippen LogP contribution in [0.4, 0.5) is 11.4 Å². The number of non-ortho nitro benzene ring substituents is 1. The number of carbonyl (C=O) groups is 1. The Morgan fingerprint density at radius 2 is 1.90 bits per heavy atom. The molecule has 0 aliphatic carbocycles. The van der Waals surface area contributed by atoms with E-state index in [4.69, 9.17) is 4.74 Å². The van der Waals surface area contributed by atoms with E-state index in [1.807, 2.05) is 0 Å². The van der Waals surface area contributed by atoms with Crippen molar-refractivity contribution >= 4 is 22.9 Å². The minimum atomic E-state index is -0.950. The van der Waals surface area contributed by atoms with Crippen LogP contribution in [0.5, 0.6) is 0 Å². The topological polar surface area (TPSA) is 133 Å². The van der Waals surface area contributed by atoms with E-state index in [2.05, 4.69) is 0 Å². The molecule has 1 aromatic rings. The quantitative estimate of drug-likeness (QED) is 0.290. The molecule has 0 atom stereocenters. The van der Waals surface area contributed by atoms with Gasteiger partial charge in [-0.2, -0.15) is 0 Å². The standard InChI is InChI=1S/C12H12N2O7/c1-3-21-12(16)11(7(2)15)9-5-4-8(13(17)18)6-10(9)14(19)20/h4-6,15H,3H2,1-2H3/b11-7+. The maximum absolute atomic E-state index is 11.8. The van der Waals surface area contributed by atoms with Gasteiger partial charge in [0.1, 0.15) is 11.3 Å². The van der Waals surface area contributed by atoms with Gasteiger partial charge in [-0.05, 0) is 19.9 Å². The van der Waals surface area contributed by atoms with Gasteiger partial charge in [0.25, 0.3) is 11.4 Å². The van der Waals surface area contributed by atoms with Crippen LogP contribution < -0.4 is 0 Å². The molecule has 0 aromatic heterocycles. The van der Waals surface area contributed by atoms with E-state index in [9.17, 15) is 30.1 Å². The van der Waals surface area contributed by atoms with Crippen LogP contribution >= 0.6 is 0 Å². The number of aliphatic hydroxyl groups is 1. The van der Waals surface area contributed by atoms with Gasteiger partial charge in [0, 0.05) is 6.07 Å². The van der Waals surface area contributed by atoms with E-state index in [1.165, 1.54) is 6.92 Å². The van der Waals surface area contributed by atoms with Crippen molar-refractivity contribution in [2.45, 2.75) is 13.8 Å². The fourth-order valence-electron chi connectivity index (χ4n) is 1.65. The zero-order valence-corrected chi connectivity index (χ0v) is 11.2. The van der Waals surface area contributed by atoms with Gasteiger partial charge in [0.15, 0.2) is 0 Å². The first kappa shape index (κ1) is 16.1. The molecular formula is C12H12N2O7. The Bertz CT molecular complexity index is 632. The molecule has 1 aromatic carbocycles. The van der Waals surface area contributed by atoms with Crippen LogP contribution in [-0.2, 0) is 9.53 Å². The molecule has 9 nitrogen and oxygen atoms in total. The minimum Gasteiger partial charge on any atom is -0.512 e. The molecule has 0 fully saturated rings. The third kappa shape index (κ3) is 3.53. The number of ether oxygens (including phenoxy) is 1. The summed E-state index contributed by atoms with van der Waals surface area (Å²) in [6, 6.07) is 2.75. The number of aliphatic hydroxyl groups excluding tert-OH is 1. The number of esters is 1. The van der Waals surface area contributed by atoms with E-state index < -0.39 is 38.5 Å². The number of carbonyl (C=O) groups excluding carboxylic acids is 1. The first-order chi connectivity index (χ1) is 9.79. The van der Waals surface area contributed by atoms with Crippen molar-refractivity contribution in [3.8, 4) is 0 Å². The molecule has 1 rings (SSSR count). The Hall–Kier alpha value is -2.97. The average Bonchev–Trinajstić information content (AvgIpc) is 2.38. The Morgan fingerprint density at radius 1 is 1.29 bits per heavy atom.